The maximum absolute atomic E-state index is 12.7. The second-order valence-electron chi connectivity index (χ2n) is 7.02. The van der Waals surface area contributed by atoms with Crippen LogP contribution in [0, 0.1) is 12.8 Å². The molecule has 7 nitrogen and oxygen atoms in total. The number of likely N-dealkylation sites (N-methyl/N-ethyl adjacent to an activating group) is 1. The first-order valence-electron chi connectivity index (χ1n) is 8.54. The van der Waals surface area contributed by atoms with Gasteiger partial charge in [-0.1, -0.05) is 0 Å². The van der Waals surface area contributed by atoms with E-state index in [4.69, 9.17) is 0 Å². The van der Waals surface area contributed by atoms with Crippen LogP contribution in [-0.2, 0) is 20.8 Å². The summed E-state index contributed by atoms with van der Waals surface area (Å²) in [6, 6.07) is -0.0729. The van der Waals surface area contributed by atoms with Crippen LogP contribution >= 0.6 is 11.3 Å². The highest BCUT2D eigenvalue weighted by molar-refractivity contribution is 7.09. The lowest BCUT2D eigenvalue weighted by Gasteiger charge is -2.35. The molecular formula is C17H24N4O3S. The Kier molecular flexibility index (Phi) is 5.08. The maximum Gasteiger partial charge on any atom is 0.241 e. The fraction of sp³-hybridized carbons (Fsp3) is 0.647. The first-order chi connectivity index (χ1) is 11.8. The number of amides is 3. The molecule has 2 atom stereocenters. The van der Waals surface area contributed by atoms with Crippen LogP contribution < -0.4 is 0 Å². The van der Waals surface area contributed by atoms with Crippen LogP contribution in [-0.4, -0.2) is 77.2 Å². The second kappa shape index (κ2) is 7.11. The van der Waals surface area contributed by atoms with E-state index in [1.54, 1.807) is 23.9 Å². The number of hydrogen-bond donors (Lipinski definition) is 0. The molecule has 3 fully saturated rings. The zero-order valence-corrected chi connectivity index (χ0v) is 15.7. The van der Waals surface area contributed by atoms with Gasteiger partial charge in [0, 0.05) is 38.6 Å². The lowest BCUT2D eigenvalue weighted by Crippen LogP contribution is -2.51. The smallest absolute Gasteiger partial charge is 0.241 e. The zero-order valence-electron chi connectivity index (χ0n) is 14.9. The normalized spacial score (nSPS) is 22.9. The topological polar surface area (TPSA) is 73.8 Å². The van der Waals surface area contributed by atoms with E-state index in [0.717, 1.165) is 23.5 Å². The quantitative estimate of drug-likeness (QED) is 0.781. The molecule has 1 aromatic heterocycles. The van der Waals surface area contributed by atoms with E-state index < -0.39 is 0 Å². The molecule has 4 rings (SSSR count). The molecule has 0 N–H and O–H groups in total. The van der Waals surface area contributed by atoms with E-state index in [1.807, 2.05) is 12.3 Å². The minimum absolute atomic E-state index is 0.00579. The summed E-state index contributed by atoms with van der Waals surface area (Å²) in [5, 5.41) is 2.86. The van der Waals surface area contributed by atoms with Crippen LogP contribution in [0.5, 0.6) is 0 Å². The van der Waals surface area contributed by atoms with Gasteiger partial charge in [0.2, 0.25) is 17.7 Å². The van der Waals surface area contributed by atoms with Crippen molar-refractivity contribution in [3.05, 3.63) is 16.1 Å². The fourth-order valence-electron chi connectivity index (χ4n) is 3.50. The van der Waals surface area contributed by atoms with Gasteiger partial charge in [-0.05, 0) is 19.8 Å². The van der Waals surface area contributed by atoms with Crippen LogP contribution in [0.15, 0.2) is 5.38 Å². The predicted molar refractivity (Wildman–Crippen MR) is 94.1 cm³/mol. The zero-order chi connectivity index (χ0) is 18.1. The number of aromatic nitrogens is 1. The molecule has 3 aliphatic rings. The third kappa shape index (κ3) is 3.84. The van der Waals surface area contributed by atoms with Gasteiger partial charge in [0.05, 0.1) is 23.0 Å². The van der Waals surface area contributed by atoms with Crippen LogP contribution in [0.2, 0.25) is 0 Å². The Morgan fingerprint density at radius 3 is 2.72 bits per heavy atom. The molecule has 0 unspecified atom stereocenters. The molecule has 0 saturated carbocycles. The molecule has 4 heterocycles. The summed E-state index contributed by atoms with van der Waals surface area (Å²) in [5.41, 5.74) is 0.787. The third-order valence-corrected chi connectivity index (χ3v) is 5.77. The van der Waals surface area contributed by atoms with Crippen LogP contribution in [0.3, 0.4) is 0 Å². The number of nitrogens with zero attached hydrogens (tertiary/aromatic N) is 4. The van der Waals surface area contributed by atoms with Gasteiger partial charge in [-0.25, -0.2) is 4.98 Å². The van der Waals surface area contributed by atoms with Gasteiger partial charge < -0.3 is 14.7 Å². The number of carbonyl (C=O) groups excluding carboxylic acids is 3. The fourth-order valence-corrected chi connectivity index (χ4v) is 4.11. The Bertz CT molecular complexity index is 687. The lowest BCUT2D eigenvalue weighted by atomic mass is 9.94. The highest BCUT2D eigenvalue weighted by Crippen LogP contribution is 2.29. The molecule has 0 spiro atoms. The van der Waals surface area contributed by atoms with Gasteiger partial charge in [0.25, 0.3) is 0 Å². The van der Waals surface area contributed by atoms with Gasteiger partial charge in [0.1, 0.15) is 6.54 Å². The minimum Gasteiger partial charge on any atom is -0.347 e. The Balaban J connectivity index is 1.70. The van der Waals surface area contributed by atoms with Crippen molar-refractivity contribution in [2.24, 2.45) is 5.92 Å². The van der Waals surface area contributed by atoms with E-state index in [1.165, 1.54) is 16.2 Å². The SMILES string of the molecule is Cc1nc(CC(=O)N2C[C@H]3CC[C@@H](C2)N(CC(=O)N(C)C)C3=O)cs1. The minimum atomic E-state index is -0.199. The second-order valence-corrected chi connectivity index (χ2v) is 8.08. The number of hydrogen-bond acceptors (Lipinski definition) is 5. The molecule has 1 aromatic rings. The van der Waals surface area contributed by atoms with Gasteiger partial charge in [0.15, 0.2) is 0 Å². The molecule has 136 valence electrons. The van der Waals surface area contributed by atoms with Crippen molar-refractivity contribution in [2.45, 2.75) is 32.2 Å². The van der Waals surface area contributed by atoms with Crippen LogP contribution in [0.25, 0.3) is 0 Å². The summed E-state index contributed by atoms with van der Waals surface area (Å²) in [6.07, 6.45) is 1.90. The monoisotopic (exact) mass is 364 g/mol. The molecule has 3 amide bonds. The van der Waals surface area contributed by atoms with Gasteiger partial charge >= 0.3 is 0 Å². The van der Waals surface area contributed by atoms with Crippen molar-refractivity contribution in [1.29, 1.82) is 0 Å². The van der Waals surface area contributed by atoms with Crippen LogP contribution in [0.1, 0.15) is 23.5 Å². The molecule has 0 aromatic carbocycles. The third-order valence-electron chi connectivity index (χ3n) is 4.95. The summed E-state index contributed by atoms with van der Waals surface area (Å²) in [6.45, 7) is 2.97. The van der Waals surface area contributed by atoms with Crippen molar-refractivity contribution in [3.63, 3.8) is 0 Å². The molecule has 0 aliphatic carbocycles. The highest BCUT2D eigenvalue weighted by atomic mass is 32.1. The van der Waals surface area contributed by atoms with Crippen molar-refractivity contribution in [1.82, 2.24) is 19.7 Å². The Morgan fingerprint density at radius 1 is 1.32 bits per heavy atom. The van der Waals surface area contributed by atoms with E-state index in [-0.39, 0.29) is 42.6 Å². The number of fused-ring (bicyclic) bond motifs is 4. The lowest BCUT2D eigenvalue weighted by molar-refractivity contribution is -0.145. The van der Waals surface area contributed by atoms with Crippen molar-refractivity contribution in [2.75, 3.05) is 33.7 Å². The Labute approximate surface area is 151 Å². The standard InChI is InChI=1S/C17H24N4O3S/c1-11-18-13(10-25-11)6-15(22)20-7-12-4-5-14(8-20)21(17(12)24)9-16(23)19(2)3/h10,12,14H,4-9H2,1-3H3/t12-,14+/m1/s1. The van der Waals surface area contributed by atoms with Crippen LogP contribution in [0.4, 0.5) is 0 Å². The average Bonchev–Trinajstić information content (AvgIpc) is 2.79. The van der Waals surface area contributed by atoms with Crippen molar-refractivity contribution >= 4 is 29.1 Å². The van der Waals surface area contributed by atoms with Crippen molar-refractivity contribution in [3.8, 4) is 0 Å². The number of thiazole rings is 1. The summed E-state index contributed by atoms with van der Waals surface area (Å²) in [4.78, 5) is 46.7. The first kappa shape index (κ1) is 17.8. The van der Waals surface area contributed by atoms with Gasteiger partial charge in [-0.3, -0.25) is 14.4 Å². The summed E-state index contributed by atoms with van der Waals surface area (Å²) < 4.78 is 0. The molecule has 2 bridgehead atoms. The predicted octanol–water partition coefficient (Wildman–Crippen LogP) is 0.532. The molecule has 25 heavy (non-hydrogen) atoms. The van der Waals surface area contributed by atoms with Crippen molar-refractivity contribution < 1.29 is 14.4 Å². The van der Waals surface area contributed by atoms with Gasteiger partial charge in [-0.15, -0.1) is 11.3 Å². The summed E-state index contributed by atoms with van der Waals surface area (Å²) >= 11 is 1.53. The Morgan fingerprint density at radius 2 is 2.08 bits per heavy atom. The molecule has 3 aliphatic heterocycles. The maximum atomic E-state index is 12.7. The number of piperidine rings is 1. The average molecular weight is 364 g/mol. The number of rotatable bonds is 4. The Hall–Kier alpha value is -1.96. The summed E-state index contributed by atoms with van der Waals surface area (Å²) in [7, 11) is 3.38. The number of aryl methyl sites for hydroxylation is 1. The summed E-state index contributed by atoms with van der Waals surface area (Å²) in [5.74, 6) is -0.270. The van der Waals surface area contributed by atoms with E-state index >= 15 is 0 Å². The molecule has 0 radical (unpaired) electrons. The van der Waals surface area contributed by atoms with E-state index in [0.29, 0.717) is 13.1 Å². The largest absolute Gasteiger partial charge is 0.347 e. The molecular weight excluding hydrogens is 340 g/mol. The highest BCUT2D eigenvalue weighted by Gasteiger charge is 2.42. The molecule has 3 saturated heterocycles. The van der Waals surface area contributed by atoms with E-state index in [9.17, 15) is 14.4 Å². The number of carbonyl (C=O) groups is 3. The first-order valence-corrected chi connectivity index (χ1v) is 9.42. The molecule has 8 heteroatoms. The van der Waals surface area contributed by atoms with Gasteiger partial charge in [-0.2, -0.15) is 0 Å². The van der Waals surface area contributed by atoms with E-state index in [2.05, 4.69) is 4.98 Å².